The predicted molar refractivity (Wildman–Crippen MR) is 88.4 cm³/mol. The van der Waals surface area contributed by atoms with Crippen LogP contribution in [0.15, 0.2) is 51.4 Å². The van der Waals surface area contributed by atoms with Gasteiger partial charge in [-0.2, -0.15) is 0 Å². The summed E-state index contributed by atoms with van der Waals surface area (Å²) >= 11 is 6.72. The van der Waals surface area contributed by atoms with Gasteiger partial charge in [0.05, 0.1) is 0 Å². The van der Waals surface area contributed by atoms with Gasteiger partial charge in [0.15, 0.2) is 0 Å². The van der Waals surface area contributed by atoms with Gasteiger partial charge >= 0.3 is 0 Å². The molecule has 2 rings (SSSR count). The molecule has 0 spiro atoms. The Morgan fingerprint density at radius 2 is 1.70 bits per heavy atom. The normalized spacial score (nSPS) is 12.4. The lowest BCUT2D eigenvalue weighted by molar-refractivity contribution is 0.527. The average Bonchev–Trinajstić information content (AvgIpc) is 2.42. The van der Waals surface area contributed by atoms with Gasteiger partial charge in [-0.1, -0.05) is 57.0 Å². The first-order valence-corrected chi connectivity index (χ1v) is 8.11. The van der Waals surface area contributed by atoms with Crippen LogP contribution in [0.25, 0.3) is 0 Å². The van der Waals surface area contributed by atoms with E-state index in [0.29, 0.717) is 6.42 Å². The minimum Gasteiger partial charge on any atom is -0.310 e. The highest BCUT2D eigenvalue weighted by molar-refractivity contribution is 9.10. The number of nitrogens with one attached hydrogen (secondary N) is 1. The van der Waals surface area contributed by atoms with Crippen molar-refractivity contribution in [2.45, 2.75) is 19.4 Å². The third-order valence-electron chi connectivity index (χ3n) is 3.16. The topological polar surface area (TPSA) is 12.0 Å². The molecule has 0 saturated carbocycles. The van der Waals surface area contributed by atoms with Crippen LogP contribution in [-0.4, -0.2) is 6.54 Å². The smallest absolute Gasteiger partial charge is 0.127 e. The molecule has 1 N–H and O–H groups in total. The Bertz CT molecular complexity index is 569. The summed E-state index contributed by atoms with van der Waals surface area (Å²) in [6.45, 7) is 2.91. The summed E-state index contributed by atoms with van der Waals surface area (Å²) in [7, 11) is 0. The van der Waals surface area contributed by atoms with E-state index in [1.807, 2.05) is 24.3 Å². The molecule has 2 aromatic rings. The number of hydrogen-bond acceptors (Lipinski definition) is 1. The van der Waals surface area contributed by atoms with Crippen molar-refractivity contribution in [3.63, 3.8) is 0 Å². The maximum Gasteiger partial charge on any atom is 0.127 e. The zero-order valence-electron chi connectivity index (χ0n) is 11.2. The second-order valence-corrected chi connectivity index (χ2v) is 6.43. The Balaban J connectivity index is 2.22. The Morgan fingerprint density at radius 1 is 1.05 bits per heavy atom. The highest BCUT2D eigenvalue weighted by Gasteiger charge is 2.13. The van der Waals surface area contributed by atoms with Gasteiger partial charge in [0.1, 0.15) is 5.82 Å². The molecule has 0 fully saturated rings. The van der Waals surface area contributed by atoms with E-state index in [1.165, 1.54) is 6.07 Å². The van der Waals surface area contributed by atoms with Gasteiger partial charge in [0, 0.05) is 15.0 Å². The summed E-state index contributed by atoms with van der Waals surface area (Å²) in [6, 6.07) is 13.5. The molecule has 1 nitrogen and oxygen atoms in total. The summed E-state index contributed by atoms with van der Waals surface area (Å²) in [5.74, 6) is -0.167. The number of hydrogen-bond donors (Lipinski definition) is 1. The van der Waals surface area contributed by atoms with E-state index in [1.54, 1.807) is 0 Å². The molecule has 106 valence electrons. The molecule has 0 radical (unpaired) electrons. The molecular weight excluding hydrogens is 385 g/mol. The van der Waals surface area contributed by atoms with E-state index in [9.17, 15) is 4.39 Å². The molecule has 0 aliphatic rings. The Morgan fingerprint density at radius 3 is 2.30 bits per heavy atom. The molecule has 0 bridgehead atoms. The minimum absolute atomic E-state index is 0.115. The molecule has 0 aliphatic heterocycles. The van der Waals surface area contributed by atoms with Gasteiger partial charge in [0.25, 0.3) is 0 Å². The monoisotopic (exact) mass is 399 g/mol. The quantitative estimate of drug-likeness (QED) is 0.723. The standard InChI is InChI=1S/C16H16Br2FN/c1-2-20-16(11-3-6-13(17)7-4-11)9-12-5-8-14(18)10-15(12)19/h3-8,10,16,20H,2,9H2,1H3. The molecule has 0 amide bonds. The lowest BCUT2D eigenvalue weighted by Gasteiger charge is -2.19. The van der Waals surface area contributed by atoms with Crippen molar-refractivity contribution < 1.29 is 4.39 Å². The first-order chi connectivity index (χ1) is 9.60. The summed E-state index contributed by atoms with van der Waals surface area (Å²) < 4.78 is 15.8. The second kappa shape index (κ2) is 7.34. The van der Waals surface area contributed by atoms with Crippen LogP contribution in [0, 0.1) is 5.82 Å². The lowest BCUT2D eigenvalue weighted by atomic mass is 9.98. The van der Waals surface area contributed by atoms with Crippen LogP contribution in [0.2, 0.25) is 0 Å². The molecule has 0 aromatic heterocycles. The van der Waals surface area contributed by atoms with Gasteiger partial charge in [-0.25, -0.2) is 4.39 Å². The molecular formula is C16H16Br2FN. The molecule has 1 unspecified atom stereocenters. The average molecular weight is 401 g/mol. The van der Waals surface area contributed by atoms with Crippen molar-refractivity contribution in [3.8, 4) is 0 Å². The Kier molecular flexibility index (Phi) is 5.75. The van der Waals surface area contributed by atoms with Crippen LogP contribution < -0.4 is 5.32 Å². The third-order valence-corrected chi connectivity index (χ3v) is 4.18. The van der Waals surface area contributed by atoms with Gasteiger partial charge < -0.3 is 5.32 Å². The first kappa shape index (κ1) is 15.7. The SMILES string of the molecule is CCNC(Cc1ccc(Br)cc1F)c1ccc(Br)cc1. The number of rotatable bonds is 5. The van der Waals surface area contributed by atoms with Crippen molar-refractivity contribution in [2.24, 2.45) is 0 Å². The van der Waals surface area contributed by atoms with Crippen molar-refractivity contribution in [1.29, 1.82) is 0 Å². The first-order valence-electron chi connectivity index (χ1n) is 6.53. The predicted octanol–water partition coefficient (Wildman–Crippen LogP) is 5.24. The zero-order chi connectivity index (χ0) is 14.5. The third kappa shape index (κ3) is 4.14. The van der Waals surface area contributed by atoms with Crippen LogP contribution in [0.5, 0.6) is 0 Å². The van der Waals surface area contributed by atoms with Crippen molar-refractivity contribution in [3.05, 3.63) is 68.4 Å². The molecule has 0 heterocycles. The van der Waals surface area contributed by atoms with Gasteiger partial charge in [0.2, 0.25) is 0 Å². The Hall–Kier alpha value is -0.710. The van der Waals surface area contributed by atoms with Crippen molar-refractivity contribution in [2.75, 3.05) is 6.54 Å². The van der Waals surface area contributed by atoms with Gasteiger partial charge in [-0.05, 0) is 48.4 Å². The maximum atomic E-state index is 14.0. The van der Waals surface area contributed by atoms with Crippen LogP contribution in [-0.2, 0) is 6.42 Å². The number of benzene rings is 2. The van der Waals surface area contributed by atoms with Crippen LogP contribution in [0.3, 0.4) is 0 Å². The second-order valence-electron chi connectivity index (χ2n) is 4.60. The molecule has 4 heteroatoms. The summed E-state index contributed by atoms with van der Waals surface area (Å²) in [5.41, 5.74) is 1.89. The molecule has 0 saturated heterocycles. The largest absolute Gasteiger partial charge is 0.310 e. The van der Waals surface area contributed by atoms with E-state index >= 15 is 0 Å². The van der Waals surface area contributed by atoms with E-state index in [2.05, 4.69) is 56.2 Å². The fourth-order valence-electron chi connectivity index (χ4n) is 2.16. The highest BCUT2D eigenvalue weighted by atomic mass is 79.9. The molecule has 2 aromatic carbocycles. The number of likely N-dealkylation sites (N-methyl/N-ethyl adjacent to an activating group) is 1. The maximum absolute atomic E-state index is 14.0. The van der Waals surface area contributed by atoms with E-state index in [4.69, 9.17) is 0 Å². The fourth-order valence-corrected chi connectivity index (χ4v) is 2.75. The van der Waals surface area contributed by atoms with Crippen LogP contribution in [0.1, 0.15) is 24.1 Å². The lowest BCUT2D eigenvalue weighted by Crippen LogP contribution is -2.23. The molecule has 20 heavy (non-hydrogen) atoms. The van der Waals surface area contributed by atoms with E-state index in [-0.39, 0.29) is 11.9 Å². The fraction of sp³-hybridized carbons (Fsp3) is 0.250. The summed E-state index contributed by atoms with van der Waals surface area (Å²) in [6.07, 6.45) is 0.634. The zero-order valence-corrected chi connectivity index (χ0v) is 14.3. The molecule has 1 atom stereocenters. The number of halogens is 3. The minimum atomic E-state index is -0.167. The van der Waals surface area contributed by atoms with Gasteiger partial charge in [-0.3, -0.25) is 0 Å². The summed E-state index contributed by atoms with van der Waals surface area (Å²) in [5, 5.41) is 3.41. The van der Waals surface area contributed by atoms with Crippen LogP contribution in [0.4, 0.5) is 4.39 Å². The summed E-state index contributed by atoms with van der Waals surface area (Å²) in [4.78, 5) is 0. The highest BCUT2D eigenvalue weighted by Crippen LogP contribution is 2.23. The van der Waals surface area contributed by atoms with Gasteiger partial charge in [-0.15, -0.1) is 0 Å². The van der Waals surface area contributed by atoms with Crippen molar-refractivity contribution >= 4 is 31.9 Å². The van der Waals surface area contributed by atoms with Crippen LogP contribution >= 0.6 is 31.9 Å². The van der Waals surface area contributed by atoms with E-state index < -0.39 is 0 Å². The Labute approximate surface area is 135 Å². The molecule has 0 aliphatic carbocycles. The van der Waals surface area contributed by atoms with E-state index in [0.717, 1.165) is 26.6 Å². The van der Waals surface area contributed by atoms with Crippen molar-refractivity contribution in [1.82, 2.24) is 5.32 Å².